The van der Waals surface area contributed by atoms with Crippen LogP contribution < -0.4 is 19.5 Å². The molecule has 1 aromatic heterocycles. The molecule has 13 heteroatoms. The number of carbonyl (C=O) groups excluding carboxylic acids is 3. The molecule has 0 saturated carbocycles. The predicted octanol–water partition coefficient (Wildman–Crippen LogP) is 6.84. The first-order valence-electron chi connectivity index (χ1n) is 14.9. The SMILES string of the molecule is CC[C@H](Cc1ccccc1)C[C@H](C)OC(=O)[C@H](C)NC(=O)c1nccc(OC)c1OCOC(C)=O.Cc1ccc(OC(F)(F)F)cc1.[HH]. The number of amides is 1. The zero-order chi connectivity index (χ0) is 35.0. The van der Waals surface area contributed by atoms with Gasteiger partial charge in [0.05, 0.1) is 13.2 Å². The lowest BCUT2D eigenvalue weighted by atomic mass is 9.92. The van der Waals surface area contributed by atoms with E-state index in [0.717, 1.165) is 18.4 Å². The maximum atomic E-state index is 12.8. The van der Waals surface area contributed by atoms with Gasteiger partial charge in [-0.15, -0.1) is 13.2 Å². The van der Waals surface area contributed by atoms with Gasteiger partial charge in [-0.1, -0.05) is 61.4 Å². The molecule has 1 N–H and O–H groups in total. The monoisotopic (exact) mass is 664 g/mol. The number of aryl methyl sites for hydroxylation is 1. The van der Waals surface area contributed by atoms with Crippen LogP contribution in [0.25, 0.3) is 0 Å². The summed E-state index contributed by atoms with van der Waals surface area (Å²) in [5, 5.41) is 2.58. The van der Waals surface area contributed by atoms with Crippen LogP contribution >= 0.6 is 0 Å². The van der Waals surface area contributed by atoms with Gasteiger partial charge in [0.25, 0.3) is 5.91 Å². The number of nitrogens with zero attached hydrogens (tertiary/aromatic N) is 1. The van der Waals surface area contributed by atoms with Crippen LogP contribution in [0.4, 0.5) is 13.2 Å². The third-order valence-corrected chi connectivity index (χ3v) is 6.65. The quantitative estimate of drug-likeness (QED) is 0.146. The maximum absolute atomic E-state index is 12.8. The zero-order valence-corrected chi connectivity index (χ0v) is 27.3. The molecule has 0 aliphatic carbocycles. The average Bonchev–Trinajstić information content (AvgIpc) is 3.01. The molecule has 0 spiro atoms. The number of nitrogens with one attached hydrogen (secondary N) is 1. The van der Waals surface area contributed by atoms with E-state index in [-0.39, 0.29) is 30.5 Å². The van der Waals surface area contributed by atoms with Gasteiger partial charge in [0.1, 0.15) is 11.8 Å². The Morgan fingerprint density at radius 1 is 1.00 bits per heavy atom. The molecule has 0 aliphatic heterocycles. The third-order valence-electron chi connectivity index (χ3n) is 6.65. The summed E-state index contributed by atoms with van der Waals surface area (Å²) >= 11 is 0. The Hall–Kier alpha value is -4.81. The molecule has 3 rings (SSSR count). The first kappa shape index (κ1) is 38.4. The molecule has 3 atom stereocenters. The number of alkyl halides is 3. The van der Waals surface area contributed by atoms with Crippen molar-refractivity contribution in [2.24, 2.45) is 5.92 Å². The number of pyridine rings is 1. The predicted molar refractivity (Wildman–Crippen MR) is 169 cm³/mol. The second-order valence-electron chi connectivity index (χ2n) is 10.6. The fourth-order valence-corrected chi connectivity index (χ4v) is 4.29. The van der Waals surface area contributed by atoms with E-state index in [1.165, 1.54) is 50.9 Å². The zero-order valence-electron chi connectivity index (χ0n) is 27.3. The lowest BCUT2D eigenvalue weighted by Crippen LogP contribution is -2.41. The Morgan fingerprint density at radius 2 is 1.66 bits per heavy atom. The average molecular weight is 665 g/mol. The largest absolute Gasteiger partial charge is 0.573 e. The number of esters is 2. The van der Waals surface area contributed by atoms with E-state index in [2.05, 4.69) is 34.1 Å². The van der Waals surface area contributed by atoms with Crippen molar-refractivity contribution in [3.8, 4) is 17.2 Å². The molecular formula is C34H43F3N2O8. The van der Waals surface area contributed by atoms with Gasteiger partial charge in [-0.05, 0) is 57.2 Å². The first-order chi connectivity index (χ1) is 22.2. The molecule has 2 aromatic carbocycles. The highest BCUT2D eigenvalue weighted by Gasteiger charge is 2.31. The summed E-state index contributed by atoms with van der Waals surface area (Å²) in [5.41, 5.74) is 2.03. The number of methoxy groups -OCH3 is 1. The van der Waals surface area contributed by atoms with E-state index in [0.29, 0.717) is 12.3 Å². The summed E-state index contributed by atoms with van der Waals surface area (Å²) < 4.78 is 59.5. The maximum Gasteiger partial charge on any atom is 0.573 e. The molecule has 258 valence electrons. The van der Waals surface area contributed by atoms with E-state index < -0.39 is 37.0 Å². The molecule has 3 aromatic rings. The summed E-state index contributed by atoms with van der Waals surface area (Å²) in [7, 11) is 1.40. The van der Waals surface area contributed by atoms with Crippen LogP contribution in [0.2, 0.25) is 0 Å². The van der Waals surface area contributed by atoms with E-state index in [9.17, 15) is 27.6 Å². The number of ether oxygens (including phenoxy) is 5. The Kier molecular flexibility index (Phi) is 15.5. The summed E-state index contributed by atoms with van der Waals surface area (Å²) in [4.78, 5) is 40.5. The minimum absolute atomic E-state index is 0. The Balaban J connectivity index is 0.000000745. The normalized spacial score (nSPS) is 12.7. The molecule has 1 heterocycles. The fraction of sp³-hybridized carbons (Fsp3) is 0.412. The Bertz CT molecular complexity index is 1430. The molecule has 47 heavy (non-hydrogen) atoms. The molecule has 0 saturated heterocycles. The number of rotatable bonds is 14. The van der Waals surface area contributed by atoms with Gasteiger partial charge in [-0.25, -0.2) is 9.78 Å². The van der Waals surface area contributed by atoms with Crippen molar-refractivity contribution in [1.82, 2.24) is 10.3 Å². The summed E-state index contributed by atoms with van der Waals surface area (Å²) in [6.07, 6.45) is -0.967. The number of hydrogen-bond acceptors (Lipinski definition) is 9. The van der Waals surface area contributed by atoms with Crippen molar-refractivity contribution in [3.05, 3.63) is 83.7 Å². The van der Waals surface area contributed by atoms with Gasteiger partial charge in [-0.2, -0.15) is 0 Å². The minimum atomic E-state index is -4.60. The number of halogens is 3. The Morgan fingerprint density at radius 3 is 2.23 bits per heavy atom. The summed E-state index contributed by atoms with van der Waals surface area (Å²) in [5.74, 6) is -1.35. The number of hydrogen-bond donors (Lipinski definition) is 1. The highest BCUT2D eigenvalue weighted by Crippen LogP contribution is 2.29. The Labute approximate surface area is 274 Å². The lowest BCUT2D eigenvalue weighted by Gasteiger charge is -2.22. The fourth-order valence-electron chi connectivity index (χ4n) is 4.29. The molecule has 0 fully saturated rings. The molecule has 0 unspecified atom stereocenters. The van der Waals surface area contributed by atoms with Gasteiger partial charge in [0, 0.05) is 20.6 Å². The summed E-state index contributed by atoms with van der Waals surface area (Å²) in [6.45, 7) is 8.10. The second-order valence-corrected chi connectivity index (χ2v) is 10.6. The standard InChI is InChI=1S/C26H34N2O7.C8H7F3O.H2/c1-6-20(15-21-10-8-7-9-11-21)14-17(2)35-26(31)18(3)28-25(30)23-24(34-16-33-19(4)29)22(32-5)12-13-27-23;1-6-2-4-7(5-3-6)12-8(9,10)11;/h7-13,17-18,20H,6,14-16H2,1-5H3,(H,28,30);2-5H,1H3;1H/t17-,18-,20-;;/m0../s1. The smallest absolute Gasteiger partial charge is 0.493 e. The van der Waals surface area contributed by atoms with Crippen LogP contribution in [-0.4, -0.2) is 55.2 Å². The van der Waals surface area contributed by atoms with Crippen LogP contribution in [0.5, 0.6) is 17.2 Å². The van der Waals surface area contributed by atoms with Crippen molar-refractivity contribution in [1.29, 1.82) is 0 Å². The van der Waals surface area contributed by atoms with Crippen molar-refractivity contribution >= 4 is 17.8 Å². The van der Waals surface area contributed by atoms with Gasteiger partial charge in [0.15, 0.2) is 17.2 Å². The second kappa shape index (κ2) is 19.0. The van der Waals surface area contributed by atoms with Crippen LogP contribution in [0.3, 0.4) is 0 Å². The van der Waals surface area contributed by atoms with Gasteiger partial charge in [-0.3, -0.25) is 9.59 Å². The van der Waals surface area contributed by atoms with Crippen molar-refractivity contribution in [2.75, 3.05) is 13.9 Å². The van der Waals surface area contributed by atoms with Gasteiger partial charge in [0.2, 0.25) is 6.79 Å². The molecule has 0 aliphatic rings. The number of aromatic nitrogens is 1. The topological polar surface area (TPSA) is 122 Å². The van der Waals surface area contributed by atoms with E-state index >= 15 is 0 Å². The van der Waals surface area contributed by atoms with Crippen LogP contribution in [-0.2, 0) is 25.5 Å². The molecule has 0 radical (unpaired) electrons. The highest BCUT2D eigenvalue weighted by atomic mass is 19.4. The van der Waals surface area contributed by atoms with E-state index in [1.54, 1.807) is 19.1 Å². The lowest BCUT2D eigenvalue weighted by molar-refractivity contribution is -0.274. The third kappa shape index (κ3) is 14.4. The van der Waals surface area contributed by atoms with Crippen molar-refractivity contribution in [3.63, 3.8) is 0 Å². The van der Waals surface area contributed by atoms with E-state index in [4.69, 9.17) is 18.9 Å². The summed E-state index contributed by atoms with van der Waals surface area (Å²) in [6, 6.07) is 16.4. The van der Waals surface area contributed by atoms with E-state index in [1.807, 2.05) is 25.1 Å². The van der Waals surface area contributed by atoms with Crippen LogP contribution in [0, 0.1) is 12.8 Å². The first-order valence-corrected chi connectivity index (χ1v) is 14.9. The van der Waals surface area contributed by atoms with Crippen LogP contribution in [0.15, 0.2) is 66.9 Å². The minimum Gasteiger partial charge on any atom is -0.493 e. The molecule has 10 nitrogen and oxygen atoms in total. The molecule has 1 amide bonds. The van der Waals surface area contributed by atoms with Crippen LogP contribution in [0.1, 0.15) is 63.6 Å². The van der Waals surface area contributed by atoms with Gasteiger partial charge >= 0.3 is 18.3 Å². The molecule has 0 bridgehead atoms. The van der Waals surface area contributed by atoms with Crippen molar-refractivity contribution < 1.29 is 52.7 Å². The molecular weight excluding hydrogens is 621 g/mol. The van der Waals surface area contributed by atoms with Crippen molar-refractivity contribution in [2.45, 2.75) is 72.4 Å². The number of benzene rings is 2. The number of carbonyl (C=O) groups is 3. The van der Waals surface area contributed by atoms with Gasteiger partial charge < -0.3 is 29.0 Å². The highest BCUT2D eigenvalue weighted by molar-refractivity contribution is 5.98.